The predicted octanol–water partition coefficient (Wildman–Crippen LogP) is 2.34. The molecule has 2 aliphatic heterocycles. The number of likely N-dealkylation sites (N-methyl/N-ethyl adjacent to an activating group) is 1. The van der Waals surface area contributed by atoms with Gasteiger partial charge in [0.2, 0.25) is 5.91 Å². The summed E-state index contributed by atoms with van der Waals surface area (Å²) in [5.74, 6) is 0.527. The van der Waals surface area contributed by atoms with Crippen molar-refractivity contribution >= 4 is 50.5 Å². The first kappa shape index (κ1) is 20.8. The van der Waals surface area contributed by atoms with Gasteiger partial charge in [0.15, 0.2) is 9.84 Å². The Morgan fingerprint density at radius 2 is 2.04 bits per heavy atom. The van der Waals surface area contributed by atoms with E-state index in [1.807, 2.05) is 12.1 Å². The molecular weight excluding hydrogens is 406 g/mol. The summed E-state index contributed by atoms with van der Waals surface area (Å²) in [6, 6.07) is 5.58. The number of carbonyl (C=O) groups is 1. The normalized spacial score (nSPS) is 22.7. The number of piperazine rings is 1. The van der Waals surface area contributed by atoms with Crippen molar-refractivity contribution in [3.05, 3.63) is 23.2 Å². The van der Waals surface area contributed by atoms with Crippen LogP contribution >= 0.6 is 23.4 Å². The van der Waals surface area contributed by atoms with Gasteiger partial charge in [-0.15, -0.1) is 11.8 Å². The maximum absolute atomic E-state index is 12.4. The first-order valence-corrected chi connectivity index (χ1v) is 12.5. The fourth-order valence-electron chi connectivity index (χ4n) is 3.46. The molecule has 1 unspecified atom stereocenters. The highest BCUT2D eigenvalue weighted by Gasteiger charge is 2.28. The monoisotopic (exact) mass is 431 g/mol. The zero-order chi connectivity index (χ0) is 19.4. The number of rotatable bonds is 6. The van der Waals surface area contributed by atoms with E-state index in [9.17, 15) is 13.2 Å². The lowest BCUT2D eigenvalue weighted by atomic mass is 10.2. The summed E-state index contributed by atoms with van der Waals surface area (Å²) in [5, 5.41) is 3.56. The number of hydrogen-bond donors (Lipinski definition) is 1. The van der Waals surface area contributed by atoms with Crippen molar-refractivity contribution in [2.24, 2.45) is 0 Å². The molecule has 2 fully saturated rings. The zero-order valence-electron chi connectivity index (χ0n) is 15.5. The fourth-order valence-corrected chi connectivity index (χ4v) is 7.08. The first-order valence-electron chi connectivity index (χ1n) is 9.25. The van der Waals surface area contributed by atoms with Crippen LogP contribution in [0.3, 0.4) is 0 Å². The zero-order valence-corrected chi connectivity index (χ0v) is 17.9. The van der Waals surface area contributed by atoms with E-state index in [1.165, 1.54) is 11.8 Å². The van der Waals surface area contributed by atoms with Crippen molar-refractivity contribution in [2.75, 3.05) is 60.2 Å². The Morgan fingerprint density at radius 1 is 1.30 bits per heavy atom. The number of amides is 1. The number of nitrogens with one attached hydrogen (secondary N) is 1. The maximum atomic E-state index is 12.4. The molecule has 2 heterocycles. The van der Waals surface area contributed by atoms with Gasteiger partial charge < -0.3 is 15.1 Å². The van der Waals surface area contributed by atoms with Crippen molar-refractivity contribution in [2.45, 2.75) is 18.6 Å². The fraction of sp³-hybridized carbons (Fsp3) is 0.611. The summed E-state index contributed by atoms with van der Waals surface area (Å²) in [5.41, 5.74) is 1.70. The Hall–Kier alpha value is -0.960. The number of halogens is 1. The van der Waals surface area contributed by atoms with E-state index in [1.54, 1.807) is 6.07 Å². The van der Waals surface area contributed by atoms with Crippen LogP contribution in [-0.2, 0) is 14.6 Å². The van der Waals surface area contributed by atoms with E-state index >= 15 is 0 Å². The Labute approximate surface area is 170 Å². The average Bonchev–Trinajstić information content (AvgIpc) is 2.99. The second kappa shape index (κ2) is 9.03. The van der Waals surface area contributed by atoms with Gasteiger partial charge in [-0.3, -0.25) is 4.79 Å². The molecular formula is C18H26ClN3O3S2. The highest BCUT2D eigenvalue weighted by atomic mass is 35.5. The van der Waals surface area contributed by atoms with Gasteiger partial charge >= 0.3 is 0 Å². The van der Waals surface area contributed by atoms with Crippen molar-refractivity contribution < 1.29 is 13.2 Å². The lowest BCUT2D eigenvalue weighted by Gasteiger charge is -2.36. The SMILES string of the molecule is CCN1CCN(c2ccc(Cl)cc2NC(=O)CSC2CCS(=O)(=O)C2)CC1. The van der Waals surface area contributed by atoms with E-state index < -0.39 is 9.84 Å². The van der Waals surface area contributed by atoms with Crippen LogP contribution in [0, 0.1) is 0 Å². The Bertz CT molecular complexity index is 780. The molecule has 9 heteroatoms. The van der Waals surface area contributed by atoms with Gasteiger partial charge in [-0.1, -0.05) is 18.5 Å². The molecule has 0 saturated carbocycles. The molecule has 0 aromatic heterocycles. The second-order valence-electron chi connectivity index (χ2n) is 6.97. The number of sulfone groups is 1. The highest BCUT2D eigenvalue weighted by molar-refractivity contribution is 8.02. The summed E-state index contributed by atoms with van der Waals surface area (Å²) < 4.78 is 23.1. The molecule has 150 valence electrons. The van der Waals surface area contributed by atoms with Crippen molar-refractivity contribution in [1.29, 1.82) is 0 Å². The largest absolute Gasteiger partial charge is 0.367 e. The molecule has 6 nitrogen and oxygen atoms in total. The first-order chi connectivity index (χ1) is 12.9. The molecule has 1 atom stereocenters. The van der Waals surface area contributed by atoms with Crippen molar-refractivity contribution in [3.63, 3.8) is 0 Å². The van der Waals surface area contributed by atoms with E-state index in [0.717, 1.165) is 44.1 Å². The van der Waals surface area contributed by atoms with Gasteiger partial charge in [-0.25, -0.2) is 8.42 Å². The van der Waals surface area contributed by atoms with Gasteiger partial charge in [0.25, 0.3) is 0 Å². The van der Waals surface area contributed by atoms with Gasteiger partial charge in [-0.2, -0.15) is 0 Å². The minimum absolute atomic E-state index is 0.0155. The molecule has 0 radical (unpaired) electrons. The third kappa shape index (κ3) is 5.76. The molecule has 27 heavy (non-hydrogen) atoms. The molecule has 1 N–H and O–H groups in total. The minimum atomic E-state index is -2.92. The Kier molecular flexibility index (Phi) is 6.94. The van der Waals surface area contributed by atoms with E-state index in [0.29, 0.717) is 11.4 Å². The number of anilines is 2. The summed E-state index contributed by atoms with van der Waals surface area (Å²) in [4.78, 5) is 17.1. The van der Waals surface area contributed by atoms with Gasteiger partial charge in [0.05, 0.1) is 28.6 Å². The molecule has 1 aromatic rings. The lowest BCUT2D eigenvalue weighted by Crippen LogP contribution is -2.46. The predicted molar refractivity (Wildman–Crippen MR) is 114 cm³/mol. The van der Waals surface area contributed by atoms with Crippen LogP contribution in [0.5, 0.6) is 0 Å². The molecule has 1 aromatic carbocycles. The molecule has 0 spiro atoms. The standard InChI is InChI=1S/C18H26ClN3O3S2/c1-2-21-6-8-22(9-7-21)17-4-3-14(19)11-16(17)20-18(23)12-26-15-5-10-27(24,25)13-15/h3-4,11,15H,2,5-10,12-13H2,1H3,(H,20,23). The molecule has 2 saturated heterocycles. The molecule has 0 aliphatic carbocycles. The smallest absolute Gasteiger partial charge is 0.234 e. The molecule has 3 rings (SSSR count). The lowest BCUT2D eigenvalue weighted by molar-refractivity contribution is -0.113. The average molecular weight is 432 g/mol. The van der Waals surface area contributed by atoms with Gasteiger partial charge in [-0.05, 0) is 31.2 Å². The maximum Gasteiger partial charge on any atom is 0.234 e. The van der Waals surface area contributed by atoms with Crippen LogP contribution < -0.4 is 10.2 Å². The van der Waals surface area contributed by atoms with Gasteiger partial charge in [0.1, 0.15) is 0 Å². The van der Waals surface area contributed by atoms with E-state index in [4.69, 9.17) is 11.6 Å². The number of carbonyl (C=O) groups excluding carboxylic acids is 1. The molecule has 1 amide bonds. The molecule has 0 bridgehead atoms. The van der Waals surface area contributed by atoms with Crippen LogP contribution in [-0.4, -0.2) is 74.5 Å². The summed E-state index contributed by atoms with van der Waals surface area (Å²) >= 11 is 7.57. The third-order valence-corrected chi connectivity index (χ3v) is 8.55. The summed E-state index contributed by atoms with van der Waals surface area (Å²) in [6.45, 7) is 7.03. The van der Waals surface area contributed by atoms with E-state index in [-0.39, 0.29) is 28.4 Å². The van der Waals surface area contributed by atoms with Crippen LogP contribution in [0.2, 0.25) is 5.02 Å². The third-order valence-electron chi connectivity index (χ3n) is 5.03. The van der Waals surface area contributed by atoms with Crippen LogP contribution in [0.25, 0.3) is 0 Å². The summed E-state index contributed by atoms with van der Waals surface area (Å²) in [7, 11) is -2.92. The number of benzene rings is 1. The Balaban J connectivity index is 1.60. The Morgan fingerprint density at radius 3 is 2.67 bits per heavy atom. The van der Waals surface area contributed by atoms with Crippen LogP contribution in [0.15, 0.2) is 18.2 Å². The summed E-state index contributed by atoms with van der Waals surface area (Å²) in [6.07, 6.45) is 0.629. The number of hydrogen-bond acceptors (Lipinski definition) is 6. The second-order valence-corrected chi connectivity index (χ2v) is 10.9. The van der Waals surface area contributed by atoms with Gasteiger partial charge in [0, 0.05) is 36.5 Å². The quantitative estimate of drug-likeness (QED) is 0.745. The van der Waals surface area contributed by atoms with E-state index in [2.05, 4.69) is 22.0 Å². The van der Waals surface area contributed by atoms with Crippen LogP contribution in [0.1, 0.15) is 13.3 Å². The molecule has 2 aliphatic rings. The minimum Gasteiger partial charge on any atom is -0.367 e. The number of thioether (sulfide) groups is 1. The van der Waals surface area contributed by atoms with Crippen LogP contribution in [0.4, 0.5) is 11.4 Å². The topological polar surface area (TPSA) is 69.7 Å². The number of nitrogens with zero attached hydrogens (tertiary/aromatic N) is 2. The highest BCUT2D eigenvalue weighted by Crippen LogP contribution is 2.31. The van der Waals surface area contributed by atoms with Crippen molar-refractivity contribution in [3.8, 4) is 0 Å². The van der Waals surface area contributed by atoms with Crippen molar-refractivity contribution in [1.82, 2.24) is 4.90 Å².